The van der Waals surface area contributed by atoms with Crippen LogP contribution in [0.1, 0.15) is 5.56 Å². The molecule has 0 bridgehead atoms. The van der Waals surface area contributed by atoms with Crippen LogP contribution in [-0.2, 0) is 6.54 Å². The van der Waals surface area contributed by atoms with E-state index in [9.17, 15) is 0 Å². The molecule has 0 spiro atoms. The second-order valence-corrected chi connectivity index (χ2v) is 4.81. The minimum atomic E-state index is 0.735. The van der Waals surface area contributed by atoms with Crippen LogP contribution in [0.15, 0.2) is 18.3 Å². The number of pyridine rings is 1. The van der Waals surface area contributed by atoms with Crippen LogP contribution in [0, 0.1) is 0 Å². The Morgan fingerprint density at radius 1 is 1.47 bits per heavy atom. The summed E-state index contributed by atoms with van der Waals surface area (Å²) in [5.74, 6) is 8.54. The summed E-state index contributed by atoms with van der Waals surface area (Å²) in [6.45, 7) is 3.36. The zero-order valence-corrected chi connectivity index (χ0v) is 9.46. The SMILES string of the molecule is NNc1cc(CN2CCSCC2)ccn1. The molecule has 1 aromatic rings. The minimum Gasteiger partial charge on any atom is -0.308 e. The molecule has 0 saturated carbocycles. The lowest BCUT2D eigenvalue weighted by atomic mass is 10.2. The van der Waals surface area contributed by atoms with E-state index in [1.165, 1.54) is 30.2 Å². The van der Waals surface area contributed by atoms with E-state index >= 15 is 0 Å². The van der Waals surface area contributed by atoms with Gasteiger partial charge in [0.1, 0.15) is 5.82 Å². The zero-order valence-electron chi connectivity index (χ0n) is 8.65. The summed E-state index contributed by atoms with van der Waals surface area (Å²) in [5.41, 5.74) is 3.84. The van der Waals surface area contributed by atoms with Crippen LogP contribution in [0.3, 0.4) is 0 Å². The average molecular weight is 224 g/mol. The lowest BCUT2D eigenvalue weighted by molar-refractivity contribution is 0.294. The molecule has 3 N–H and O–H groups in total. The van der Waals surface area contributed by atoms with Gasteiger partial charge in [0.2, 0.25) is 0 Å². The highest BCUT2D eigenvalue weighted by molar-refractivity contribution is 7.99. The van der Waals surface area contributed by atoms with Crippen LogP contribution >= 0.6 is 11.8 Å². The van der Waals surface area contributed by atoms with Crippen molar-refractivity contribution in [3.8, 4) is 0 Å². The Balaban J connectivity index is 1.96. The maximum Gasteiger partial charge on any atom is 0.140 e. The lowest BCUT2D eigenvalue weighted by Gasteiger charge is -2.26. The molecule has 0 aromatic carbocycles. The molecule has 0 radical (unpaired) electrons. The van der Waals surface area contributed by atoms with Gasteiger partial charge in [0, 0.05) is 37.3 Å². The molecule has 0 amide bonds. The van der Waals surface area contributed by atoms with E-state index in [-0.39, 0.29) is 0 Å². The van der Waals surface area contributed by atoms with Crippen LogP contribution in [0.25, 0.3) is 0 Å². The third-order valence-corrected chi connectivity index (χ3v) is 3.42. The van der Waals surface area contributed by atoms with Crippen LogP contribution in [0.4, 0.5) is 5.82 Å². The molecule has 5 heteroatoms. The monoisotopic (exact) mass is 224 g/mol. The van der Waals surface area contributed by atoms with E-state index in [2.05, 4.69) is 15.3 Å². The topological polar surface area (TPSA) is 54.2 Å². The number of rotatable bonds is 3. The first-order valence-corrected chi connectivity index (χ1v) is 6.25. The van der Waals surface area contributed by atoms with E-state index in [4.69, 9.17) is 5.84 Å². The number of nitrogens with one attached hydrogen (secondary N) is 1. The van der Waals surface area contributed by atoms with Crippen LogP contribution in [0.5, 0.6) is 0 Å². The van der Waals surface area contributed by atoms with Gasteiger partial charge in [-0.1, -0.05) is 0 Å². The number of hydrazine groups is 1. The third kappa shape index (κ3) is 3.09. The summed E-state index contributed by atoms with van der Waals surface area (Å²) in [6.07, 6.45) is 1.79. The summed E-state index contributed by atoms with van der Waals surface area (Å²) in [5, 5.41) is 0. The van der Waals surface area contributed by atoms with Crippen molar-refractivity contribution in [2.75, 3.05) is 30.0 Å². The van der Waals surface area contributed by atoms with Crippen LogP contribution in [0.2, 0.25) is 0 Å². The molecule has 4 nitrogen and oxygen atoms in total. The number of nitrogens with zero attached hydrogens (tertiary/aromatic N) is 2. The maximum absolute atomic E-state index is 5.32. The van der Waals surface area contributed by atoms with Gasteiger partial charge < -0.3 is 5.43 Å². The van der Waals surface area contributed by atoms with E-state index in [1.54, 1.807) is 6.20 Å². The normalized spacial score (nSPS) is 17.7. The Bertz CT molecular complexity index is 312. The first kappa shape index (κ1) is 10.7. The summed E-state index contributed by atoms with van der Waals surface area (Å²) < 4.78 is 0. The number of nitrogen functional groups attached to an aromatic ring is 1. The van der Waals surface area contributed by atoms with Gasteiger partial charge in [-0.05, 0) is 17.7 Å². The Labute approximate surface area is 94.2 Å². The predicted molar refractivity (Wildman–Crippen MR) is 64.6 cm³/mol. The number of aromatic nitrogens is 1. The second-order valence-electron chi connectivity index (χ2n) is 3.58. The van der Waals surface area contributed by atoms with Gasteiger partial charge in [-0.3, -0.25) is 4.90 Å². The molecule has 2 heterocycles. The average Bonchev–Trinajstić information content (AvgIpc) is 2.31. The minimum absolute atomic E-state index is 0.735. The highest BCUT2D eigenvalue weighted by Gasteiger charge is 2.10. The molecule has 0 atom stereocenters. The molecule has 1 aromatic heterocycles. The molecule has 1 aliphatic rings. The van der Waals surface area contributed by atoms with Crippen molar-refractivity contribution in [2.45, 2.75) is 6.54 Å². The van der Waals surface area contributed by atoms with Gasteiger partial charge in [0.05, 0.1) is 0 Å². The fourth-order valence-corrected chi connectivity index (χ4v) is 2.65. The number of nitrogens with two attached hydrogens (primary N) is 1. The number of hydrogen-bond acceptors (Lipinski definition) is 5. The first-order chi connectivity index (χ1) is 7.38. The van der Waals surface area contributed by atoms with Gasteiger partial charge in [-0.15, -0.1) is 0 Å². The summed E-state index contributed by atoms with van der Waals surface area (Å²) in [4.78, 5) is 6.56. The largest absolute Gasteiger partial charge is 0.308 e. The van der Waals surface area contributed by atoms with Gasteiger partial charge in [0.25, 0.3) is 0 Å². The molecule has 1 aliphatic heterocycles. The molecule has 1 saturated heterocycles. The van der Waals surface area contributed by atoms with Crippen molar-refractivity contribution in [3.63, 3.8) is 0 Å². The molecular weight excluding hydrogens is 208 g/mol. The lowest BCUT2D eigenvalue weighted by Crippen LogP contribution is -2.32. The van der Waals surface area contributed by atoms with E-state index in [0.29, 0.717) is 0 Å². The Morgan fingerprint density at radius 2 is 2.27 bits per heavy atom. The quantitative estimate of drug-likeness (QED) is 0.590. The smallest absolute Gasteiger partial charge is 0.140 e. The molecule has 15 heavy (non-hydrogen) atoms. The van der Waals surface area contributed by atoms with E-state index in [1.807, 2.05) is 23.9 Å². The van der Waals surface area contributed by atoms with Crippen molar-refractivity contribution in [1.29, 1.82) is 0 Å². The Hall–Kier alpha value is -0.780. The van der Waals surface area contributed by atoms with Crippen molar-refractivity contribution in [3.05, 3.63) is 23.9 Å². The van der Waals surface area contributed by atoms with Gasteiger partial charge in [-0.25, -0.2) is 10.8 Å². The standard InChI is InChI=1S/C10H16N4S/c11-13-10-7-9(1-2-12-10)8-14-3-5-15-6-4-14/h1-2,7H,3-6,8,11H2,(H,12,13). The third-order valence-electron chi connectivity index (χ3n) is 2.48. The molecule has 2 rings (SSSR count). The van der Waals surface area contributed by atoms with Crippen LogP contribution < -0.4 is 11.3 Å². The van der Waals surface area contributed by atoms with Gasteiger partial charge >= 0.3 is 0 Å². The fraction of sp³-hybridized carbons (Fsp3) is 0.500. The Kier molecular flexibility index (Phi) is 3.82. The zero-order chi connectivity index (χ0) is 10.5. The molecular formula is C10H16N4S. The van der Waals surface area contributed by atoms with Gasteiger partial charge in [0.15, 0.2) is 0 Å². The maximum atomic E-state index is 5.32. The van der Waals surface area contributed by atoms with E-state index in [0.717, 1.165) is 12.4 Å². The summed E-state index contributed by atoms with van der Waals surface area (Å²) in [6, 6.07) is 4.05. The van der Waals surface area contributed by atoms with Gasteiger partial charge in [-0.2, -0.15) is 11.8 Å². The second kappa shape index (κ2) is 5.34. The summed E-state index contributed by atoms with van der Waals surface area (Å²) >= 11 is 2.03. The fourth-order valence-electron chi connectivity index (χ4n) is 1.67. The Morgan fingerprint density at radius 3 is 3.00 bits per heavy atom. The molecule has 82 valence electrons. The number of thioether (sulfide) groups is 1. The first-order valence-electron chi connectivity index (χ1n) is 5.10. The van der Waals surface area contributed by atoms with E-state index < -0.39 is 0 Å². The van der Waals surface area contributed by atoms with Crippen molar-refractivity contribution >= 4 is 17.6 Å². The van der Waals surface area contributed by atoms with Crippen molar-refractivity contribution in [2.24, 2.45) is 5.84 Å². The predicted octanol–water partition coefficient (Wildman–Crippen LogP) is 0.916. The van der Waals surface area contributed by atoms with Crippen molar-refractivity contribution < 1.29 is 0 Å². The highest BCUT2D eigenvalue weighted by Crippen LogP contribution is 2.13. The number of anilines is 1. The highest BCUT2D eigenvalue weighted by atomic mass is 32.2. The molecule has 1 fully saturated rings. The number of hydrogen-bond donors (Lipinski definition) is 2. The molecule has 0 aliphatic carbocycles. The van der Waals surface area contributed by atoms with Crippen LogP contribution in [-0.4, -0.2) is 34.5 Å². The van der Waals surface area contributed by atoms with Crippen molar-refractivity contribution in [1.82, 2.24) is 9.88 Å². The summed E-state index contributed by atoms with van der Waals surface area (Å²) in [7, 11) is 0. The molecule has 0 unspecified atom stereocenters.